The van der Waals surface area contributed by atoms with E-state index in [4.69, 9.17) is 0 Å². The molecule has 0 aromatic heterocycles. The monoisotopic (exact) mass is 819 g/mol. The van der Waals surface area contributed by atoms with Crippen LogP contribution in [0.2, 0.25) is 0 Å². The van der Waals surface area contributed by atoms with E-state index in [0.717, 1.165) is 17.1 Å². The van der Waals surface area contributed by atoms with Crippen molar-refractivity contribution in [2.75, 3.05) is 4.90 Å². The molecule has 1 nitrogen and oxygen atoms in total. The van der Waals surface area contributed by atoms with E-state index in [9.17, 15) is 0 Å². The van der Waals surface area contributed by atoms with Gasteiger partial charge in [0.05, 0.1) is 0 Å². The van der Waals surface area contributed by atoms with Gasteiger partial charge in [-0.3, -0.25) is 0 Å². The van der Waals surface area contributed by atoms with Crippen molar-refractivity contribution in [1.29, 1.82) is 0 Å². The molecule has 10 aromatic rings. The van der Waals surface area contributed by atoms with E-state index in [2.05, 4.69) is 234 Å². The topological polar surface area (TPSA) is 3.24 Å². The zero-order valence-corrected chi connectivity index (χ0v) is 37.3. The SMILES string of the molecule is CC1(C)c2cc(N(c3cccc(-c4ccccc4)c3)c3ccc4c5c(ccc4c3)-c3ccc4ccccc4c3C5(C)C)ccc2-c2cc3c(cc21)-c1c(ccc2ccccc12)C3(C)C. The highest BCUT2D eigenvalue weighted by Crippen LogP contribution is 2.59. The molecule has 0 aliphatic heterocycles. The van der Waals surface area contributed by atoms with Crippen molar-refractivity contribution >= 4 is 49.4 Å². The van der Waals surface area contributed by atoms with Crippen LogP contribution in [0.1, 0.15) is 74.9 Å². The van der Waals surface area contributed by atoms with Gasteiger partial charge >= 0.3 is 0 Å². The van der Waals surface area contributed by atoms with Crippen molar-refractivity contribution in [2.24, 2.45) is 0 Å². The fourth-order valence-electron chi connectivity index (χ4n) is 12.4. The predicted octanol–water partition coefficient (Wildman–Crippen LogP) is 17.2. The van der Waals surface area contributed by atoms with E-state index in [0.29, 0.717) is 0 Å². The molecule has 3 aliphatic carbocycles. The first-order valence-electron chi connectivity index (χ1n) is 22.9. The second-order valence-corrected chi connectivity index (χ2v) is 20.1. The van der Waals surface area contributed by atoms with E-state index in [1.54, 1.807) is 0 Å². The van der Waals surface area contributed by atoms with Gasteiger partial charge in [-0.15, -0.1) is 0 Å². The van der Waals surface area contributed by atoms with Crippen LogP contribution >= 0.6 is 0 Å². The molecule has 0 spiro atoms. The molecule has 0 saturated heterocycles. The number of fused-ring (bicyclic) bond motifs is 15. The van der Waals surface area contributed by atoms with Crippen LogP contribution < -0.4 is 4.90 Å². The van der Waals surface area contributed by atoms with Gasteiger partial charge in [0.15, 0.2) is 0 Å². The second kappa shape index (κ2) is 12.9. The maximum absolute atomic E-state index is 2.55. The smallest absolute Gasteiger partial charge is 0.0468 e. The van der Waals surface area contributed by atoms with Crippen LogP contribution in [0.5, 0.6) is 0 Å². The summed E-state index contributed by atoms with van der Waals surface area (Å²) < 4.78 is 0. The summed E-state index contributed by atoms with van der Waals surface area (Å²) in [6.07, 6.45) is 0. The Hall–Kier alpha value is -7.22. The summed E-state index contributed by atoms with van der Waals surface area (Å²) in [5.41, 5.74) is 22.1. The van der Waals surface area contributed by atoms with Gasteiger partial charge in [0.2, 0.25) is 0 Å². The van der Waals surface area contributed by atoms with Crippen molar-refractivity contribution in [3.8, 4) is 44.5 Å². The fourth-order valence-corrected chi connectivity index (χ4v) is 12.4. The Labute approximate surface area is 376 Å². The first-order valence-corrected chi connectivity index (χ1v) is 22.9. The Morgan fingerprint density at radius 2 is 0.828 bits per heavy atom. The molecule has 0 saturated carbocycles. The molecule has 64 heavy (non-hydrogen) atoms. The molecule has 10 aromatic carbocycles. The highest BCUT2D eigenvalue weighted by Gasteiger charge is 2.43. The number of benzene rings is 10. The van der Waals surface area contributed by atoms with Crippen LogP contribution in [0.25, 0.3) is 76.8 Å². The van der Waals surface area contributed by atoms with Crippen LogP contribution in [-0.2, 0) is 16.2 Å². The molecule has 0 N–H and O–H groups in total. The summed E-state index contributed by atoms with van der Waals surface area (Å²) in [6.45, 7) is 14.5. The van der Waals surface area contributed by atoms with Crippen molar-refractivity contribution in [2.45, 2.75) is 57.8 Å². The second-order valence-electron chi connectivity index (χ2n) is 20.1. The maximum atomic E-state index is 2.55. The third-order valence-corrected chi connectivity index (χ3v) is 15.5. The third kappa shape index (κ3) is 5.01. The molecule has 306 valence electrons. The molecule has 0 bridgehead atoms. The molecular formula is C63H49N. The van der Waals surface area contributed by atoms with Crippen LogP contribution in [0.3, 0.4) is 0 Å². The van der Waals surface area contributed by atoms with Gasteiger partial charge in [-0.05, 0) is 159 Å². The molecule has 0 amide bonds. The van der Waals surface area contributed by atoms with Gasteiger partial charge < -0.3 is 4.90 Å². The summed E-state index contributed by atoms with van der Waals surface area (Å²) in [5.74, 6) is 0. The van der Waals surface area contributed by atoms with E-state index in [1.807, 2.05) is 0 Å². The summed E-state index contributed by atoms with van der Waals surface area (Å²) in [5, 5.41) is 7.87. The lowest BCUT2D eigenvalue weighted by atomic mass is 9.78. The number of anilines is 3. The van der Waals surface area contributed by atoms with Crippen LogP contribution in [-0.4, -0.2) is 0 Å². The number of nitrogens with zero attached hydrogens (tertiary/aromatic N) is 1. The Morgan fingerprint density at radius 1 is 0.297 bits per heavy atom. The number of hydrogen-bond acceptors (Lipinski definition) is 1. The molecule has 0 radical (unpaired) electrons. The first kappa shape index (κ1) is 37.3. The zero-order valence-electron chi connectivity index (χ0n) is 37.3. The minimum atomic E-state index is -0.209. The van der Waals surface area contributed by atoms with E-state index in [1.165, 1.54) is 110 Å². The lowest BCUT2D eigenvalue weighted by Gasteiger charge is -2.29. The van der Waals surface area contributed by atoms with Gasteiger partial charge in [-0.1, -0.05) is 181 Å². The highest BCUT2D eigenvalue weighted by molar-refractivity contribution is 6.06. The minimum Gasteiger partial charge on any atom is -0.310 e. The summed E-state index contributed by atoms with van der Waals surface area (Å²) >= 11 is 0. The first-order chi connectivity index (χ1) is 31.0. The lowest BCUT2D eigenvalue weighted by Crippen LogP contribution is -2.17. The molecule has 0 unspecified atom stereocenters. The quantitative estimate of drug-likeness (QED) is 0.171. The Morgan fingerprint density at radius 3 is 1.61 bits per heavy atom. The largest absolute Gasteiger partial charge is 0.310 e. The molecule has 3 aliphatic rings. The van der Waals surface area contributed by atoms with Gasteiger partial charge in [0, 0.05) is 33.3 Å². The average molecular weight is 820 g/mol. The summed E-state index contributed by atoms with van der Waals surface area (Å²) in [4.78, 5) is 2.48. The van der Waals surface area contributed by atoms with Gasteiger partial charge in [-0.25, -0.2) is 0 Å². The minimum absolute atomic E-state index is 0.0981. The molecule has 0 heterocycles. The fraction of sp³-hybridized carbons (Fsp3) is 0.143. The standard InChI is InChI=1S/C63H49N/c1-61(2)54-32-25-39-17-10-12-21-46(39)58(54)53-37-56-52(36-57(53)61)49-31-27-45(35-55(49)62(56,3)4)64(43-20-14-19-41(33-43)38-15-8-7-9-16-38)44-26-30-48-42(34-44)24-29-51-50-28-23-40-18-11-13-22-47(40)59(50)63(5,6)60(48)51/h7-37H,1-6H3. The summed E-state index contributed by atoms with van der Waals surface area (Å²) in [6, 6.07) is 71.1. The molecule has 0 atom stereocenters. The molecular weight excluding hydrogens is 771 g/mol. The Bertz CT molecular complexity index is 3640. The van der Waals surface area contributed by atoms with E-state index >= 15 is 0 Å². The summed E-state index contributed by atoms with van der Waals surface area (Å²) in [7, 11) is 0. The Kier molecular flexibility index (Phi) is 7.54. The van der Waals surface area contributed by atoms with E-state index < -0.39 is 0 Å². The van der Waals surface area contributed by atoms with Gasteiger partial charge in [-0.2, -0.15) is 0 Å². The highest BCUT2D eigenvalue weighted by atomic mass is 15.1. The number of hydrogen-bond donors (Lipinski definition) is 0. The predicted molar refractivity (Wildman–Crippen MR) is 272 cm³/mol. The Balaban J connectivity index is 0.975. The van der Waals surface area contributed by atoms with Crippen molar-refractivity contribution < 1.29 is 0 Å². The number of rotatable bonds is 4. The zero-order chi connectivity index (χ0) is 43.3. The van der Waals surface area contributed by atoms with Crippen LogP contribution in [0, 0.1) is 0 Å². The molecule has 13 rings (SSSR count). The molecule has 1 heteroatoms. The van der Waals surface area contributed by atoms with Gasteiger partial charge in [0.1, 0.15) is 0 Å². The third-order valence-electron chi connectivity index (χ3n) is 15.5. The average Bonchev–Trinajstić information content (AvgIpc) is 3.80. The van der Waals surface area contributed by atoms with Crippen LogP contribution in [0.15, 0.2) is 188 Å². The van der Waals surface area contributed by atoms with Crippen molar-refractivity contribution in [3.05, 3.63) is 221 Å². The van der Waals surface area contributed by atoms with Crippen LogP contribution in [0.4, 0.5) is 17.1 Å². The van der Waals surface area contributed by atoms with Crippen molar-refractivity contribution in [3.63, 3.8) is 0 Å². The lowest BCUT2D eigenvalue weighted by molar-refractivity contribution is 0.652. The molecule has 0 fully saturated rings. The van der Waals surface area contributed by atoms with Gasteiger partial charge in [0.25, 0.3) is 0 Å². The maximum Gasteiger partial charge on any atom is 0.0468 e. The van der Waals surface area contributed by atoms with E-state index in [-0.39, 0.29) is 16.2 Å². The normalized spacial score (nSPS) is 15.4. The van der Waals surface area contributed by atoms with Crippen molar-refractivity contribution in [1.82, 2.24) is 0 Å².